The van der Waals surface area contributed by atoms with Crippen LogP contribution in [0.5, 0.6) is 0 Å². The molecule has 1 heterocycles. The normalized spacial score (nSPS) is 33.0. The van der Waals surface area contributed by atoms with Gasteiger partial charge >= 0.3 is 5.97 Å². The fraction of sp³-hybridized carbons (Fsp3) is 0.500. The lowest BCUT2D eigenvalue weighted by atomic mass is 10.3. The third kappa shape index (κ3) is 1.85. The number of aliphatic carboxylic acids is 1. The van der Waals surface area contributed by atoms with Crippen molar-refractivity contribution in [2.45, 2.75) is 19.1 Å². The minimum atomic E-state index is -0.919. The van der Waals surface area contributed by atoms with Crippen LogP contribution in [-0.2, 0) is 9.53 Å². The number of carboxylic acids is 1. The molecule has 0 saturated carbocycles. The summed E-state index contributed by atoms with van der Waals surface area (Å²) in [6, 6.07) is 0. The molecular weight excluding hydrogens is 120 g/mol. The summed E-state index contributed by atoms with van der Waals surface area (Å²) < 4.78 is 4.92. The summed E-state index contributed by atoms with van der Waals surface area (Å²) in [7, 11) is 0. The molecule has 1 aliphatic rings. The Morgan fingerprint density at radius 3 is 2.67 bits per heavy atom. The van der Waals surface area contributed by atoms with Gasteiger partial charge in [-0.2, -0.15) is 0 Å². The van der Waals surface area contributed by atoms with Crippen LogP contribution in [-0.4, -0.2) is 23.3 Å². The fourth-order valence-electron chi connectivity index (χ4n) is 0.581. The predicted molar refractivity (Wildman–Crippen MR) is 31.1 cm³/mol. The van der Waals surface area contributed by atoms with Gasteiger partial charge < -0.3 is 9.84 Å². The lowest BCUT2D eigenvalue weighted by Gasteiger charge is -1.75. The number of carbonyl (C=O) groups is 1. The minimum Gasteiger partial charge on any atom is -0.478 e. The van der Waals surface area contributed by atoms with Crippen LogP contribution in [0, 0.1) is 0 Å². The minimum absolute atomic E-state index is 0.0427. The topological polar surface area (TPSA) is 49.8 Å². The van der Waals surface area contributed by atoms with Gasteiger partial charge in [-0.05, 0) is 13.0 Å². The quantitative estimate of drug-likeness (QED) is 0.433. The van der Waals surface area contributed by atoms with E-state index in [9.17, 15) is 4.79 Å². The molecule has 9 heavy (non-hydrogen) atoms. The van der Waals surface area contributed by atoms with E-state index >= 15 is 0 Å². The van der Waals surface area contributed by atoms with Crippen LogP contribution in [0.2, 0.25) is 0 Å². The molecule has 0 radical (unpaired) electrons. The zero-order valence-electron chi connectivity index (χ0n) is 5.07. The van der Waals surface area contributed by atoms with E-state index in [4.69, 9.17) is 9.84 Å². The molecule has 0 spiro atoms. The Kier molecular flexibility index (Phi) is 1.53. The van der Waals surface area contributed by atoms with Crippen LogP contribution in [0.3, 0.4) is 0 Å². The highest BCUT2D eigenvalue weighted by molar-refractivity contribution is 5.79. The third-order valence-corrected chi connectivity index (χ3v) is 1.19. The number of carboxylic acid groups (broad SMARTS) is 1. The Morgan fingerprint density at radius 1 is 1.78 bits per heavy atom. The highest BCUT2D eigenvalue weighted by atomic mass is 16.6. The molecule has 2 atom stereocenters. The zero-order valence-corrected chi connectivity index (χ0v) is 5.07. The lowest BCUT2D eigenvalue weighted by molar-refractivity contribution is -0.131. The molecule has 1 saturated heterocycles. The predicted octanol–water partition coefficient (Wildman–Crippen LogP) is 0.414. The van der Waals surface area contributed by atoms with Crippen molar-refractivity contribution in [3.63, 3.8) is 0 Å². The smallest absolute Gasteiger partial charge is 0.328 e. The standard InChI is InChI=1S/C6H8O3/c1-4-5(9-4)2-3-6(7)8/h2-5H,1H3,(H,7,8)/b3-2+/t4-,5+/m1/s1. The van der Waals surface area contributed by atoms with Crippen LogP contribution in [0.4, 0.5) is 0 Å². The molecule has 0 aromatic carbocycles. The van der Waals surface area contributed by atoms with Gasteiger partial charge in [-0.25, -0.2) is 4.79 Å². The maximum Gasteiger partial charge on any atom is 0.328 e. The van der Waals surface area contributed by atoms with E-state index in [1.54, 1.807) is 6.08 Å². The van der Waals surface area contributed by atoms with Crippen LogP contribution in [0.15, 0.2) is 12.2 Å². The molecule has 0 amide bonds. The number of ether oxygens (including phenoxy) is 1. The van der Waals surface area contributed by atoms with Crippen LogP contribution in [0.25, 0.3) is 0 Å². The third-order valence-electron chi connectivity index (χ3n) is 1.19. The maximum absolute atomic E-state index is 9.90. The molecule has 0 aliphatic carbocycles. The molecule has 3 heteroatoms. The van der Waals surface area contributed by atoms with Gasteiger partial charge in [0.15, 0.2) is 0 Å². The summed E-state index contributed by atoms with van der Waals surface area (Å²) >= 11 is 0. The highest BCUT2D eigenvalue weighted by Crippen LogP contribution is 2.21. The Hall–Kier alpha value is -0.830. The molecule has 50 valence electrons. The first-order chi connectivity index (χ1) is 4.20. The van der Waals surface area contributed by atoms with E-state index in [0.29, 0.717) is 0 Å². The van der Waals surface area contributed by atoms with Crippen LogP contribution < -0.4 is 0 Å². The Labute approximate surface area is 52.9 Å². The van der Waals surface area contributed by atoms with Gasteiger partial charge in [0.1, 0.15) is 6.10 Å². The fourth-order valence-corrected chi connectivity index (χ4v) is 0.581. The SMILES string of the molecule is C[C@H]1O[C@H]1/C=C/C(=O)O. The van der Waals surface area contributed by atoms with Gasteiger partial charge in [-0.3, -0.25) is 0 Å². The lowest BCUT2D eigenvalue weighted by Crippen LogP contribution is -1.89. The van der Waals surface area contributed by atoms with E-state index in [2.05, 4.69) is 0 Å². The summed E-state index contributed by atoms with van der Waals surface area (Å²) in [6.07, 6.45) is 2.91. The van der Waals surface area contributed by atoms with Gasteiger partial charge in [0.25, 0.3) is 0 Å². The van der Waals surface area contributed by atoms with Crippen molar-refractivity contribution in [2.75, 3.05) is 0 Å². The monoisotopic (exact) mass is 128 g/mol. The first kappa shape index (κ1) is 6.29. The summed E-state index contributed by atoms with van der Waals surface area (Å²) in [6.45, 7) is 1.90. The van der Waals surface area contributed by atoms with Gasteiger partial charge in [-0.1, -0.05) is 0 Å². The average molecular weight is 128 g/mol. The molecule has 1 aliphatic heterocycles. The second kappa shape index (κ2) is 2.19. The van der Waals surface area contributed by atoms with Crippen molar-refractivity contribution in [3.05, 3.63) is 12.2 Å². The second-order valence-electron chi connectivity index (χ2n) is 2.00. The first-order valence-electron chi connectivity index (χ1n) is 2.77. The van der Waals surface area contributed by atoms with Crippen molar-refractivity contribution in [2.24, 2.45) is 0 Å². The average Bonchev–Trinajstić information content (AvgIpc) is 2.42. The van der Waals surface area contributed by atoms with Crippen LogP contribution >= 0.6 is 0 Å². The number of hydrogen-bond acceptors (Lipinski definition) is 2. The summed E-state index contributed by atoms with van der Waals surface area (Å²) in [5.74, 6) is -0.919. The van der Waals surface area contributed by atoms with E-state index < -0.39 is 5.97 Å². The van der Waals surface area contributed by atoms with E-state index in [-0.39, 0.29) is 12.2 Å². The summed E-state index contributed by atoms with van der Waals surface area (Å²) in [5.41, 5.74) is 0. The second-order valence-corrected chi connectivity index (χ2v) is 2.00. The molecule has 1 N–H and O–H groups in total. The zero-order chi connectivity index (χ0) is 6.85. The van der Waals surface area contributed by atoms with Gasteiger partial charge in [0, 0.05) is 6.08 Å². The van der Waals surface area contributed by atoms with Crippen molar-refractivity contribution < 1.29 is 14.6 Å². The summed E-state index contributed by atoms with van der Waals surface area (Å²) in [4.78, 5) is 9.90. The molecule has 0 aromatic rings. The molecule has 0 bridgehead atoms. The molecular formula is C6H8O3. The number of rotatable bonds is 2. The molecule has 1 fully saturated rings. The molecule has 3 nitrogen and oxygen atoms in total. The molecule has 1 rings (SSSR count). The van der Waals surface area contributed by atoms with E-state index in [0.717, 1.165) is 6.08 Å². The molecule has 0 unspecified atom stereocenters. The van der Waals surface area contributed by atoms with Crippen molar-refractivity contribution in [1.29, 1.82) is 0 Å². The maximum atomic E-state index is 9.90. The highest BCUT2D eigenvalue weighted by Gasteiger charge is 2.31. The Bertz CT molecular complexity index is 150. The summed E-state index contributed by atoms with van der Waals surface area (Å²) in [5, 5.41) is 8.13. The largest absolute Gasteiger partial charge is 0.478 e. The van der Waals surface area contributed by atoms with Crippen molar-refractivity contribution in [3.8, 4) is 0 Å². The van der Waals surface area contributed by atoms with E-state index in [1.807, 2.05) is 6.92 Å². The van der Waals surface area contributed by atoms with Crippen molar-refractivity contribution >= 4 is 5.97 Å². The van der Waals surface area contributed by atoms with E-state index in [1.165, 1.54) is 0 Å². The van der Waals surface area contributed by atoms with Gasteiger partial charge in [0.2, 0.25) is 0 Å². The Morgan fingerprint density at radius 2 is 2.33 bits per heavy atom. The number of hydrogen-bond donors (Lipinski definition) is 1. The van der Waals surface area contributed by atoms with Gasteiger partial charge in [-0.15, -0.1) is 0 Å². The number of epoxide rings is 1. The first-order valence-corrected chi connectivity index (χ1v) is 2.77. The van der Waals surface area contributed by atoms with Crippen LogP contribution in [0.1, 0.15) is 6.92 Å². The van der Waals surface area contributed by atoms with Gasteiger partial charge in [0.05, 0.1) is 6.10 Å². The van der Waals surface area contributed by atoms with Crippen molar-refractivity contribution in [1.82, 2.24) is 0 Å². The molecule has 0 aromatic heterocycles. The Balaban J connectivity index is 2.25.